The van der Waals surface area contributed by atoms with Gasteiger partial charge in [-0.25, -0.2) is 14.8 Å². The van der Waals surface area contributed by atoms with Gasteiger partial charge < -0.3 is 29.3 Å². The first kappa shape index (κ1) is 37.4. The third-order valence-corrected chi connectivity index (χ3v) is 8.97. The summed E-state index contributed by atoms with van der Waals surface area (Å²) in [5, 5.41) is 15.0. The van der Waals surface area contributed by atoms with Gasteiger partial charge in [-0.3, -0.25) is 14.9 Å². The van der Waals surface area contributed by atoms with Crippen LogP contribution >= 0.6 is 0 Å². The zero-order chi connectivity index (χ0) is 37.2. The number of ether oxygens (including phenoxy) is 3. The average molecular weight is 717 g/mol. The van der Waals surface area contributed by atoms with Gasteiger partial charge in [0.2, 0.25) is 5.91 Å². The molecule has 16 heteroatoms. The van der Waals surface area contributed by atoms with E-state index in [1.54, 1.807) is 30.9 Å². The summed E-state index contributed by atoms with van der Waals surface area (Å²) < 4.78 is 58.2. The topological polar surface area (TPSA) is 149 Å². The van der Waals surface area contributed by atoms with E-state index >= 15 is 0 Å². The average Bonchev–Trinajstić information content (AvgIpc) is 3.07. The Morgan fingerprint density at radius 1 is 0.961 bits per heavy atom. The number of nitrogens with zero attached hydrogens (tertiary/aromatic N) is 5. The minimum absolute atomic E-state index is 0.0563. The van der Waals surface area contributed by atoms with E-state index in [4.69, 9.17) is 14.2 Å². The van der Waals surface area contributed by atoms with Crippen molar-refractivity contribution in [3.05, 3.63) is 57.4 Å². The molecule has 276 valence electrons. The van der Waals surface area contributed by atoms with Crippen molar-refractivity contribution < 1.29 is 41.9 Å². The molecule has 1 aromatic heterocycles. The lowest BCUT2D eigenvalue weighted by Gasteiger charge is -2.37. The zero-order valence-electron chi connectivity index (χ0n) is 29.5. The number of nitro groups is 1. The van der Waals surface area contributed by atoms with E-state index in [1.165, 1.54) is 7.11 Å². The van der Waals surface area contributed by atoms with E-state index in [2.05, 4.69) is 15.3 Å². The van der Waals surface area contributed by atoms with Gasteiger partial charge in [0.1, 0.15) is 23.3 Å². The fourth-order valence-electron chi connectivity index (χ4n) is 6.32. The Morgan fingerprint density at radius 2 is 1.61 bits per heavy atom. The normalized spacial score (nSPS) is 16.9. The molecule has 1 atom stereocenters. The fraction of sp³-hybridized carbons (Fsp3) is 0.543. The highest BCUT2D eigenvalue weighted by Gasteiger charge is 2.35. The zero-order valence-corrected chi connectivity index (χ0v) is 29.5. The van der Waals surface area contributed by atoms with Gasteiger partial charge in [-0.05, 0) is 65.2 Å². The van der Waals surface area contributed by atoms with Crippen LogP contribution in [0.3, 0.4) is 0 Å². The second-order valence-corrected chi connectivity index (χ2v) is 14.0. The molecule has 2 aromatic carbocycles. The van der Waals surface area contributed by atoms with Crippen LogP contribution in [0.25, 0.3) is 10.9 Å². The van der Waals surface area contributed by atoms with Crippen LogP contribution in [-0.4, -0.2) is 81.7 Å². The first-order valence-corrected chi connectivity index (χ1v) is 16.8. The summed E-state index contributed by atoms with van der Waals surface area (Å²) >= 11 is 0. The Morgan fingerprint density at radius 3 is 2.20 bits per heavy atom. The Bertz CT molecular complexity index is 1780. The van der Waals surface area contributed by atoms with Crippen molar-refractivity contribution in [2.45, 2.75) is 84.2 Å². The van der Waals surface area contributed by atoms with E-state index in [0.717, 1.165) is 12.1 Å². The number of aryl methyl sites for hydroxylation is 1. The lowest BCUT2D eigenvalue weighted by molar-refractivity contribution is -0.385. The van der Waals surface area contributed by atoms with Crippen LogP contribution in [0.1, 0.15) is 76.4 Å². The van der Waals surface area contributed by atoms with Crippen LogP contribution in [0.5, 0.6) is 11.5 Å². The van der Waals surface area contributed by atoms with Crippen molar-refractivity contribution >= 4 is 34.4 Å². The SMILES string of the molecule is COc1cc2nc(C)nc(N[C@H](C)c3cc([N+](=O)[O-])cc(C(F)(F)F)c3)c2cc1OC1CCN(C(=O)C2CCN(C(=O)OC(C)(C)C)CC2)CC1. The number of methoxy groups -OCH3 is 1. The van der Waals surface area contributed by atoms with Gasteiger partial charge in [-0.15, -0.1) is 0 Å². The van der Waals surface area contributed by atoms with Crippen LogP contribution in [0, 0.1) is 23.0 Å². The molecule has 0 radical (unpaired) electrons. The lowest BCUT2D eigenvalue weighted by atomic mass is 9.94. The molecule has 2 aliphatic heterocycles. The van der Waals surface area contributed by atoms with Crippen LogP contribution < -0.4 is 14.8 Å². The number of alkyl halides is 3. The first-order chi connectivity index (χ1) is 23.9. The standard InChI is InChI=1S/C35H43F3N6O7/c1-20(23-15-24(35(36,37)38)17-25(16-23)44(47)48)39-31-27-18-30(29(49-6)19-28(27)40-21(2)41-31)50-26-9-13-42(14-10-26)32(45)22-7-11-43(12-8-22)33(46)51-34(3,4)5/h15-20,22,26H,7-14H2,1-6H3,(H,39,40,41)/t20-/m1/s1. The number of rotatable bonds is 8. The fourth-order valence-corrected chi connectivity index (χ4v) is 6.32. The van der Waals surface area contributed by atoms with Crippen LogP contribution in [0.2, 0.25) is 0 Å². The van der Waals surface area contributed by atoms with Gasteiger partial charge in [0, 0.05) is 68.5 Å². The summed E-state index contributed by atoms with van der Waals surface area (Å²) in [6, 6.07) is 5.07. The number of hydrogen-bond acceptors (Lipinski definition) is 10. The molecule has 0 spiro atoms. The molecule has 2 fully saturated rings. The van der Waals surface area contributed by atoms with Gasteiger partial charge in [-0.2, -0.15) is 13.2 Å². The predicted octanol–water partition coefficient (Wildman–Crippen LogP) is 7.06. The van der Waals surface area contributed by atoms with E-state index in [0.29, 0.717) is 92.0 Å². The van der Waals surface area contributed by atoms with Crippen LogP contribution in [-0.2, 0) is 15.7 Å². The Kier molecular flexibility index (Phi) is 10.8. The summed E-state index contributed by atoms with van der Waals surface area (Å²) in [7, 11) is 1.50. The second kappa shape index (κ2) is 14.8. The number of nitrogens with one attached hydrogen (secondary N) is 1. The molecule has 0 bridgehead atoms. The first-order valence-electron chi connectivity index (χ1n) is 16.8. The number of piperidine rings is 2. The Labute approximate surface area is 293 Å². The number of hydrogen-bond donors (Lipinski definition) is 1. The molecule has 5 rings (SSSR count). The minimum atomic E-state index is -4.77. The lowest BCUT2D eigenvalue weighted by Crippen LogP contribution is -2.48. The van der Waals surface area contributed by atoms with Gasteiger partial charge in [-0.1, -0.05) is 0 Å². The number of carbonyl (C=O) groups is 2. The minimum Gasteiger partial charge on any atom is -0.493 e. The summed E-state index contributed by atoms with van der Waals surface area (Å²) in [6.07, 6.45) is -3.08. The van der Waals surface area contributed by atoms with Crippen molar-refractivity contribution in [1.29, 1.82) is 0 Å². The number of non-ortho nitro benzene ring substituents is 1. The predicted molar refractivity (Wildman–Crippen MR) is 182 cm³/mol. The number of carbonyl (C=O) groups excluding carboxylic acids is 2. The van der Waals surface area contributed by atoms with E-state index in [1.807, 2.05) is 25.7 Å². The smallest absolute Gasteiger partial charge is 0.416 e. The molecule has 51 heavy (non-hydrogen) atoms. The third-order valence-electron chi connectivity index (χ3n) is 8.97. The molecule has 3 heterocycles. The molecule has 2 saturated heterocycles. The van der Waals surface area contributed by atoms with Gasteiger partial charge >= 0.3 is 12.3 Å². The third kappa shape index (κ3) is 9.08. The highest BCUT2D eigenvalue weighted by molar-refractivity contribution is 5.92. The molecule has 0 unspecified atom stereocenters. The van der Waals surface area contributed by atoms with Gasteiger partial charge in [0.05, 0.1) is 29.2 Å². The Hall–Kier alpha value is -4.89. The number of aromatic nitrogens is 2. The van der Waals surface area contributed by atoms with Crippen molar-refractivity contribution in [3.8, 4) is 11.5 Å². The Balaban J connectivity index is 1.27. The van der Waals surface area contributed by atoms with Gasteiger partial charge in [0.25, 0.3) is 5.69 Å². The van der Waals surface area contributed by atoms with E-state index in [9.17, 15) is 32.9 Å². The monoisotopic (exact) mass is 716 g/mol. The number of amides is 2. The highest BCUT2D eigenvalue weighted by atomic mass is 19.4. The van der Waals surface area contributed by atoms with Crippen molar-refractivity contribution in [2.75, 3.05) is 38.6 Å². The second-order valence-electron chi connectivity index (χ2n) is 14.0. The summed E-state index contributed by atoms with van der Waals surface area (Å²) in [4.78, 5) is 48.9. The molecule has 1 N–H and O–H groups in total. The van der Waals surface area contributed by atoms with Crippen molar-refractivity contribution in [3.63, 3.8) is 0 Å². The number of benzene rings is 2. The molecule has 2 aliphatic rings. The maximum Gasteiger partial charge on any atom is 0.416 e. The number of halogens is 3. The molecular formula is C35H43F3N6O7. The van der Waals surface area contributed by atoms with Crippen molar-refractivity contribution in [2.24, 2.45) is 5.92 Å². The van der Waals surface area contributed by atoms with E-state index in [-0.39, 0.29) is 29.6 Å². The van der Waals surface area contributed by atoms with Crippen molar-refractivity contribution in [1.82, 2.24) is 19.8 Å². The number of nitro benzene ring substituents is 1. The molecule has 13 nitrogen and oxygen atoms in total. The highest BCUT2D eigenvalue weighted by Crippen LogP contribution is 2.38. The summed E-state index contributed by atoms with van der Waals surface area (Å²) in [5.74, 6) is 1.42. The molecule has 3 aromatic rings. The van der Waals surface area contributed by atoms with Crippen LogP contribution in [0.4, 0.5) is 29.5 Å². The molecule has 0 aliphatic carbocycles. The van der Waals surface area contributed by atoms with Crippen LogP contribution in [0.15, 0.2) is 30.3 Å². The molecular weight excluding hydrogens is 673 g/mol. The maximum absolute atomic E-state index is 13.6. The largest absolute Gasteiger partial charge is 0.493 e. The quantitative estimate of drug-likeness (QED) is 0.190. The number of likely N-dealkylation sites (tertiary alicyclic amines) is 2. The maximum atomic E-state index is 13.6. The summed E-state index contributed by atoms with van der Waals surface area (Å²) in [5.41, 5.74) is -1.83. The number of fused-ring (bicyclic) bond motifs is 1. The van der Waals surface area contributed by atoms with E-state index < -0.39 is 34.0 Å². The van der Waals surface area contributed by atoms with Gasteiger partial charge in [0.15, 0.2) is 11.5 Å². The molecule has 0 saturated carbocycles. The molecule has 2 amide bonds. The number of anilines is 1. The summed E-state index contributed by atoms with van der Waals surface area (Å²) in [6.45, 7) is 10.6.